The van der Waals surface area contributed by atoms with Crippen LogP contribution in [0.25, 0.3) is 0 Å². The summed E-state index contributed by atoms with van der Waals surface area (Å²) >= 11 is 0. The first-order chi connectivity index (χ1) is 9.20. The number of esters is 1. The van der Waals surface area contributed by atoms with Crippen LogP contribution < -0.4 is 10.5 Å². The Labute approximate surface area is 113 Å². The van der Waals surface area contributed by atoms with Gasteiger partial charge in [-0.1, -0.05) is 19.3 Å². The van der Waals surface area contributed by atoms with Gasteiger partial charge < -0.3 is 15.2 Å². The van der Waals surface area contributed by atoms with Gasteiger partial charge in [0.2, 0.25) is 5.88 Å². The number of hydrogen-bond donors (Lipinski definition) is 1. The molecule has 0 aliphatic heterocycles. The van der Waals surface area contributed by atoms with Crippen molar-refractivity contribution in [3.05, 3.63) is 17.8 Å². The minimum atomic E-state index is -0.474. The highest BCUT2D eigenvalue weighted by molar-refractivity contribution is 5.92. The molecule has 104 valence electrons. The fourth-order valence-corrected chi connectivity index (χ4v) is 2.39. The summed E-state index contributed by atoms with van der Waals surface area (Å²) in [5, 5.41) is 0. The van der Waals surface area contributed by atoms with Gasteiger partial charge in [0.1, 0.15) is 5.56 Å². The van der Waals surface area contributed by atoms with Crippen LogP contribution in [0.3, 0.4) is 0 Å². The van der Waals surface area contributed by atoms with Crippen molar-refractivity contribution in [2.45, 2.75) is 32.1 Å². The molecule has 1 aliphatic carbocycles. The number of rotatable bonds is 4. The first kappa shape index (κ1) is 13.6. The summed E-state index contributed by atoms with van der Waals surface area (Å²) in [6, 6.07) is 1.54. The Morgan fingerprint density at radius 1 is 1.42 bits per heavy atom. The molecule has 1 saturated carbocycles. The number of aromatic nitrogens is 1. The van der Waals surface area contributed by atoms with Gasteiger partial charge >= 0.3 is 5.97 Å². The quantitative estimate of drug-likeness (QED) is 0.845. The highest BCUT2D eigenvalue weighted by Gasteiger charge is 2.18. The van der Waals surface area contributed by atoms with E-state index in [0.717, 1.165) is 0 Å². The molecule has 0 saturated heterocycles. The van der Waals surface area contributed by atoms with Crippen molar-refractivity contribution in [2.24, 2.45) is 5.92 Å². The third kappa shape index (κ3) is 3.59. The molecule has 1 fully saturated rings. The van der Waals surface area contributed by atoms with Gasteiger partial charge in [-0.3, -0.25) is 0 Å². The van der Waals surface area contributed by atoms with Crippen molar-refractivity contribution in [2.75, 3.05) is 19.5 Å². The van der Waals surface area contributed by atoms with E-state index in [1.54, 1.807) is 0 Å². The first-order valence-electron chi connectivity index (χ1n) is 6.67. The van der Waals surface area contributed by atoms with E-state index in [2.05, 4.69) is 4.98 Å². The molecular formula is C14H20N2O3. The molecule has 0 unspecified atom stereocenters. The second-order valence-electron chi connectivity index (χ2n) is 4.93. The summed E-state index contributed by atoms with van der Waals surface area (Å²) in [6.45, 7) is 0.598. The average molecular weight is 264 g/mol. The summed E-state index contributed by atoms with van der Waals surface area (Å²) in [5.74, 6) is 0.392. The third-order valence-corrected chi connectivity index (χ3v) is 3.46. The van der Waals surface area contributed by atoms with Gasteiger partial charge in [-0.25, -0.2) is 9.78 Å². The summed E-state index contributed by atoms with van der Waals surface area (Å²) < 4.78 is 10.4. The molecule has 2 rings (SSSR count). The minimum absolute atomic E-state index is 0.290. The second kappa shape index (κ2) is 6.41. The van der Waals surface area contributed by atoms with Gasteiger partial charge in [-0.2, -0.15) is 0 Å². The Morgan fingerprint density at radius 3 is 2.84 bits per heavy atom. The van der Waals surface area contributed by atoms with E-state index in [1.807, 2.05) is 0 Å². The standard InChI is InChI=1S/C14H20N2O3/c1-18-14(17)12-7-11(15)8-16-13(12)19-9-10-5-3-2-4-6-10/h7-8,10H,2-6,9,15H2,1H3. The first-order valence-corrected chi connectivity index (χ1v) is 6.67. The fourth-order valence-electron chi connectivity index (χ4n) is 2.39. The van der Waals surface area contributed by atoms with Crippen molar-refractivity contribution in [1.29, 1.82) is 0 Å². The molecule has 2 N–H and O–H groups in total. The van der Waals surface area contributed by atoms with Crippen LogP contribution >= 0.6 is 0 Å². The van der Waals surface area contributed by atoms with Crippen LogP contribution in [0.5, 0.6) is 5.88 Å². The van der Waals surface area contributed by atoms with Gasteiger partial charge in [-0.05, 0) is 24.8 Å². The number of nitrogens with zero attached hydrogens (tertiary/aromatic N) is 1. The maximum Gasteiger partial charge on any atom is 0.343 e. The minimum Gasteiger partial charge on any atom is -0.477 e. The van der Waals surface area contributed by atoms with Gasteiger partial charge in [0.05, 0.1) is 25.6 Å². The summed E-state index contributed by atoms with van der Waals surface area (Å²) in [5.41, 5.74) is 6.34. The van der Waals surface area contributed by atoms with Gasteiger partial charge in [0, 0.05) is 0 Å². The molecule has 0 aromatic carbocycles. The van der Waals surface area contributed by atoms with Crippen LogP contribution in [-0.4, -0.2) is 24.7 Å². The molecule has 0 spiro atoms. The van der Waals surface area contributed by atoms with Crippen molar-refractivity contribution in [3.63, 3.8) is 0 Å². The Hall–Kier alpha value is -1.78. The second-order valence-corrected chi connectivity index (χ2v) is 4.93. The van der Waals surface area contributed by atoms with Crippen LogP contribution in [0.4, 0.5) is 5.69 Å². The highest BCUT2D eigenvalue weighted by Crippen LogP contribution is 2.25. The Balaban J connectivity index is 2.04. The van der Waals surface area contributed by atoms with Crippen molar-refractivity contribution < 1.29 is 14.3 Å². The monoisotopic (exact) mass is 264 g/mol. The maximum absolute atomic E-state index is 11.6. The van der Waals surface area contributed by atoms with E-state index in [0.29, 0.717) is 29.7 Å². The number of nitrogens with two attached hydrogens (primary N) is 1. The van der Waals surface area contributed by atoms with E-state index >= 15 is 0 Å². The van der Waals surface area contributed by atoms with E-state index in [4.69, 9.17) is 15.2 Å². The molecule has 0 atom stereocenters. The van der Waals surface area contributed by atoms with Crippen LogP contribution in [-0.2, 0) is 4.74 Å². The third-order valence-electron chi connectivity index (χ3n) is 3.46. The molecule has 1 aromatic rings. The molecule has 1 heterocycles. The van der Waals surface area contributed by atoms with Crippen LogP contribution in [0.15, 0.2) is 12.3 Å². The number of carbonyl (C=O) groups is 1. The Kier molecular flexibility index (Phi) is 4.60. The lowest BCUT2D eigenvalue weighted by molar-refractivity contribution is 0.0593. The van der Waals surface area contributed by atoms with E-state index in [9.17, 15) is 4.79 Å². The molecule has 0 amide bonds. The molecular weight excluding hydrogens is 244 g/mol. The molecule has 0 radical (unpaired) electrons. The number of methoxy groups -OCH3 is 1. The van der Waals surface area contributed by atoms with Crippen LogP contribution in [0.2, 0.25) is 0 Å². The Bertz CT molecular complexity index is 442. The van der Waals surface area contributed by atoms with Crippen molar-refractivity contribution >= 4 is 11.7 Å². The normalized spacial score (nSPS) is 16.1. The number of ether oxygens (including phenoxy) is 2. The summed E-state index contributed by atoms with van der Waals surface area (Å²) in [6.07, 6.45) is 7.68. The molecule has 5 nitrogen and oxygen atoms in total. The largest absolute Gasteiger partial charge is 0.477 e. The summed E-state index contributed by atoms with van der Waals surface area (Å²) in [7, 11) is 1.33. The SMILES string of the molecule is COC(=O)c1cc(N)cnc1OCC1CCCCC1. The number of nitrogen functional groups attached to an aromatic ring is 1. The predicted molar refractivity (Wildman–Crippen MR) is 72.1 cm³/mol. The zero-order valence-corrected chi connectivity index (χ0v) is 11.2. The van der Waals surface area contributed by atoms with E-state index in [-0.39, 0.29) is 0 Å². The number of pyridine rings is 1. The van der Waals surface area contributed by atoms with Crippen LogP contribution in [0, 0.1) is 5.92 Å². The lowest BCUT2D eigenvalue weighted by Gasteiger charge is -2.21. The molecule has 19 heavy (non-hydrogen) atoms. The number of hydrogen-bond acceptors (Lipinski definition) is 5. The topological polar surface area (TPSA) is 74.4 Å². The van der Waals surface area contributed by atoms with Gasteiger partial charge in [0.15, 0.2) is 0 Å². The molecule has 1 aliphatic rings. The maximum atomic E-state index is 11.6. The van der Waals surface area contributed by atoms with E-state index in [1.165, 1.54) is 51.5 Å². The Morgan fingerprint density at radius 2 is 2.16 bits per heavy atom. The lowest BCUT2D eigenvalue weighted by atomic mass is 9.90. The number of carbonyl (C=O) groups excluding carboxylic acids is 1. The van der Waals surface area contributed by atoms with Gasteiger partial charge in [-0.15, -0.1) is 0 Å². The zero-order chi connectivity index (χ0) is 13.7. The zero-order valence-electron chi connectivity index (χ0n) is 11.2. The number of anilines is 1. The van der Waals surface area contributed by atoms with Crippen LogP contribution in [0.1, 0.15) is 42.5 Å². The average Bonchev–Trinajstić information content (AvgIpc) is 2.46. The predicted octanol–water partition coefficient (Wildman–Crippen LogP) is 2.41. The van der Waals surface area contributed by atoms with Crippen molar-refractivity contribution in [3.8, 4) is 5.88 Å². The van der Waals surface area contributed by atoms with E-state index < -0.39 is 5.97 Å². The fraction of sp³-hybridized carbons (Fsp3) is 0.571. The molecule has 5 heteroatoms. The smallest absolute Gasteiger partial charge is 0.343 e. The van der Waals surface area contributed by atoms with Crippen molar-refractivity contribution in [1.82, 2.24) is 4.98 Å². The van der Waals surface area contributed by atoms with Gasteiger partial charge in [0.25, 0.3) is 0 Å². The highest BCUT2D eigenvalue weighted by atomic mass is 16.5. The summed E-state index contributed by atoms with van der Waals surface area (Å²) in [4.78, 5) is 15.7. The lowest BCUT2D eigenvalue weighted by Crippen LogP contribution is -2.17. The molecule has 1 aromatic heterocycles. The molecule has 0 bridgehead atoms.